The third-order valence-corrected chi connectivity index (χ3v) is 3.65. The molecule has 4 nitrogen and oxygen atoms in total. The topological polar surface area (TPSA) is 55.9 Å². The molecule has 0 fully saturated rings. The standard InChI is InChI=1S/C16H24N4/c1-13-11-16(20(2)19-13)12-15(18-17)10-6-9-14-7-4-3-5-8-14/h3-5,7-8,11,15,18H,6,9-10,12,17H2,1-2H3. The number of hydrogen-bond acceptors (Lipinski definition) is 3. The van der Waals surface area contributed by atoms with Crippen LogP contribution in [0.2, 0.25) is 0 Å². The Morgan fingerprint density at radius 2 is 2.05 bits per heavy atom. The van der Waals surface area contributed by atoms with Gasteiger partial charge in [-0.3, -0.25) is 16.0 Å². The summed E-state index contributed by atoms with van der Waals surface area (Å²) in [4.78, 5) is 0. The quantitative estimate of drug-likeness (QED) is 0.599. The molecule has 1 unspecified atom stereocenters. The van der Waals surface area contributed by atoms with Gasteiger partial charge in [-0.2, -0.15) is 5.10 Å². The van der Waals surface area contributed by atoms with Gasteiger partial charge in [0.2, 0.25) is 0 Å². The SMILES string of the molecule is Cc1cc(CC(CCCc2ccccc2)NN)n(C)n1. The molecule has 1 aromatic carbocycles. The van der Waals surface area contributed by atoms with Crippen LogP contribution in [0.5, 0.6) is 0 Å². The highest BCUT2D eigenvalue weighted by Gasteiger charge is 2.11. The summed E-state index contributed by atoms with van der Waals surface area (Å²) in [7, 11) is 1.99. The lowest BCUT2D eigenvalue weighted by molar-refractivity contribution is 0.464. The van der Waals surface area contributed by atoms with E-state index in [1.807, 2.05) is 18.7 Å². The van der Waals surface area contributed by atoms with Gasteiger partial charge in [-0.05, 0) is 37.8 Å². The molecule has 0 bridgehead atoms. The molecule has 1 aromatic heterocycles. The first-order valence-corrected chi connectivity index (χ1v) is 7.18. The largest absolute Gasteiger partial charge is 0.272 e. The molecule has 0 aliphatic rings. The van der Waals surface area contributed by atoms with Crippen molar-refractivity contribution in [2.45, 2.75) is 38.6 Å². The number of nitrogens with one attached hydrogen (secondary N) is 1. The van der Waals surface area contributed by atoms with Crippen LogP contribution in [-0.4, -0.2) is 15.8 Å². The number of hydrogen-bond donors (Lipinski definition) is 2. The normalized spacial score (nSPS) is 12.6. The minimum absolute atomic E-state index is 0.300. The fraction of sp³-hybridized carbons (Fsp3) is 0.438. The summed E-state index contributed by atoms with van der Waals surface area (Å²) in [5.74, 6) is 5.68. The fourth-order valence-electron chi connectivity index (χ4n) is 2.55. The first kappa shape index (κ1) is 14.8. The third kappa shape index (κ3) is 4.18. The molecular formula is C16H24N4. The Kier molecular flexibility index (Phi) is 5.32. The van der Waals surface area contributed by atoms with Gasteiger partial charge in [0.1, 0.15) is 0 Å². The molecule has 0 saturated heterocycles. The van der Waals surface area contributed by atoms with Gasteiger partial charge in [0, 0.05) is 25.2 Å². The van der Waals surface area contributed by atoms with Crippen LogP contribution in [0.15, 0.2) is 36.4 Å². The number of aryl methyl sites for hydroxylation is 3. The second-order valence-electron chi connectivity index (χ2n) is 5.35. The number of rotatable bonds is 7. The predicted octanol–water partition coefficient (Wildman–Crippen LogP) is 2.13. The zero-order valence-electron chi connectivity index (χ0n) is 12.3. The fourth-order valence-corrected chi connectivity index (χ4v) is 2.55. The Morgan fingerprint density at radius 1 is 1.30 bits per heavy atom. The zero-order valence-corrected chi connectivity index (χ0v) is 12.3. The van der Waals surface area contributed by atoms with Crippen molar-refractivity contribution in [1.82, 2.24) is 15.2 Å². The number of benzene rings is 1. The van der Waals surface area contributed by atoms with Gasteiger partial charge >= 0.3 is 0 Å². The Hall–Kier alpha value is -1.65. The molecule has 0 spiro atoms. The Labute approximate surface area is 121 Å². The maximum Gasteiger partial charge on any atom is 0.0596 e. The molecule has 0 amide bonds. The maximum absolute atomic E-state index is 5.68. The molecule has 108 valence electrons. The van der Waals surface area contributed by atoms with Gasteiger partial charge < -0.3 is 0 Å². The molecule has 0 aliphatic carbocycles. The second-order valence-corrected chi connectivity index (χ2v) is 5.35. The van der Waals surface area contributed by atoms with E-state index < -0.39 is 0 Å². The van der Waals surface area contributed by atoms with Crippen molar-refractivity contribution in [3.05, 3.63) is 53.3 Å². The van der Waals surface area contributed by atoms with Crippen LogP contribution in [0.3, 0.4) is 0 Å². The van der Waals surface area contributed by atoms with Gasteiger partial charge in [-0.25, -0.2) is 0 Å². The van der Waals surface area contributed by atoms with Crippen molar-refractivity contribution in [2.24, 2.45) is 12.9 Å². The van der Waals surface area contributed by atoms with Crippen molar-refractivity contribution in [3.63, 3.8) is 0 Å². The van der Waals surface area contributed by atoms with Gasteiger partial charge in [-0.15, -0.1) is 0 Å². The molecule has 2 aromatic rings. The van der Waals surface area contributed by atoms with Gasteiger partial charge in [0.25, 0.3) is 0 Å². The number of aromatic nitrogens is 2. The van der Waals surface area contributed by atoms with Crippen molar-refractivity contribution < 1.29 is 0 Å². The summed E-state index contributed by atoms with van der Waals surface area (Å²) in [6.45, 7) is 2.02. The number of nitrogens with two attached hydrogens (primary N) is 1. The van der Waals surface area contributed by atoms with Gasteiger partial charge in [0.15, 0.2) is 0 Å². The average molecular weight is 272 g/mol. The van der Waals surface area contributed by atoms with Crippen LogP contribution in [0, 0.1) is 6.92 Å². The van der Waals surface area contributed by atoms with E-state index in [9.17, 15) is 0 Å². The van der Waals surface area contributed by atoms with E-state index in [1.165, 1.54) is 11.3 Å². The van der Waals surface area contributed by atoms with E-state index in [0.29, 0.717) is 6.04 Å². The predicted molar refractivity (Wildman–Crippen MR) is 82.1 cm³/mol. The summed E-state index contributed by atoms with van der Waals surface area (Å²) in [5, 5.41) is 4.37. The van der Waals surface area contributed by atoms with Crippen LogP contribution >= 0.6 is 0 Å². The second kappa shape index (κ2) is 7.22. The summed E-state index contributed by atoms with van der Waals surface area (Å²) >= 11 is 0. The lowest BCUT2D eigenvalue weighted by Crippen LogP contribution is -2.37. The van der Waals surface area contributed by atoms with E-state index in [4.69, 9.17) is 5.84 Å². The molecule has 20 heavy (non-hydrogen) atoms. The smallest absolute Gasteiger partial charge is 0.0596 e. The van der Waals surface area contributed by atoms with Gasteiger partial charge in [0.05, 0.1) is 5.69 Å². The van der Waals surface area contributed by atoms with E-state index in [1.54, 1.807) is 0 Å². The minimum atomic E-state index is 0.300. The summed E-state index contributed by atoms with van der Waals surface area (Å²) in [6, 6.07) is 13.0. The molecule has 0 aliphatic heterocycles. The first-order chi connectivity index (χ1) is 9.69. The minimum Gasteiger partial charge on any atom is -0.272 e. The van der Waals surface area contributed by atoms with Crippen molar-refractivity contribution in [3.8, 4) is 0 Å². The van der Waals surface area contributed by atoms with Crippen molar-refractivity contribution in [2.75, 3.05) is 0 Å². The van der Waals surface area contributed by atoms with Crippen molar-refractivity contribution in [1.29, 1.82) is 0 Å². The van der Waals surface area contributed by atoms with Crippen LogP contribution < -0.4 is 11.3 Å². The lowest BCUT2D eigenvalue weighted by Gasteiger charge is -2.15. The Bertz CT molecular complexity index is 519. The number of hydrazine groups is 1. The monoisotopic (exact) mass is 272 g/mol. The molecule has 0 saturated carbocycles. The Morgan fingerprint density at radius 3 is 2.65 bits per heavy atom. The van der Waals surface area contributed by atoms with Crippen LogP contribution in [-0.2, 0) is 19.9 Å². The molecule has 0 radical (unpaired) electrons. The third-order valence-electron chi connectivity index (χ3n) is 3.65. The average Bonchev–Trinajstić information content (AvgIpc) is 2.77. The summed E-state index contributed by atoms with van der Waals surface area (Å²) in [6.07, 6.45) is 4.22. The highest BCUT2D eigenvalue weighted by Crippen LogP contribution is 2.11. The van der Waals surface area contributed by atoms with E-state index >= 15 is 0 Å². The molecule has 1 atom stereocenters. The molecule has 3 N–H and O–H groups in total. The van der Waals surface area contributed by atoms with E-state index in [-0.39, 0.29) is 0 Å². The molecule has 4 heteroatoms. The Balaban J connectivity index is 1.82. The van der Waals surface area contributed by atoms with Crippen molar-refractivity contribution >= 4 is 0 Å². The zero-order chi connectivity index (χ0) is 14.4. The summed E-state index contributed by atoms with van der Waals surface area (Å²) in [5.41, 5.74) is 6.61. The molecule has 1 heterocycles. The van der Waals surface area contributed by atoms with E-state index in [0.717, 1.165) is 31.4 Å². The van der Waals surface area contributed by atoms with Crippen LogP contribution in [0.25, 0.3) is 0 Å². The molecular weight excluding hydrogens is 248 g/mol. The molecule has 2 rings (SSSR count). The highest BCUT2D eigenvalue weighted by molar-refractivity contribution is 5.14. The van der Waals surface area contributed by atoms with E-state index in [2.05, 4.69) is 46.9 Å². The maximum atomic E-state index is 5.68. The first-order valence-electron chi connectivity index (χ1n) is 7.18. The van der Waals surface area contributed by atoms with Crippen LogP contribution in [0.4, 0.5) is 0 Å². The van der Waals surface area contributed by atoms with Gasteiger partial charge in [-0.1, -0.05) is 30.3 Å². The lowest BCUT2D eigenvalue weighted by atomic mass is 10.0. The summed E-state index contributed by atoms with van der Waals surface area (Å²) < 4.78 is 1.94. The highest BCUT2D eigenvalue weighted by atomic mass is 15.3. The number of nitrogens with zero attached hydrogens (tertiary/aromatic N) is 2. The van der Waals surface area contributed by atoms with Crippen LogP contribution in [0.1, 0.15) is 29.8 Å².